The van der Waals surface area contributed by atoms with E-state index < -0.39 is 11.4 Å². The average molecular weight is 265 g/mol. The molecule has 1 heterocycles. The third-order valence-corrected chi connectivity index (χ3v) is 3.90. The van der Waals surface area contributed by atoms with E-state index >= 15 is 0 Å². The van der Waals surface area contributed by atoms with Crippen molar-refractivity contribution in [3.8, 4) is 0 Å². The Morgan fingerprint density at radius 1 is 1.28 bits per heavy atom. The lowest BCUT2D eigenvalue weighted by Gasteiger charge is -2.17. The predicted molar refractivity (Wildman–Crippen MR) is 73.3 cm³/mol. The van der Waals surface area contributed by atoms with Gasteiger partial charge in [-0.15, -0.1) is 11.8 Å². The molecule has 1 aromatic carbocycles. The topological polar surface area (TPSA) is 63.1 Å². The zero-order chi connectivity index (χ0) is 13.3. The van der Waals surface area contributed by atoms with E-state index in [9.17, 15) is 9.59 Å². The van der Waals surface area contributed by atoms with Gasteiger partial charge in [0.2, 0.25) is 0 Å². The summed E-state index contributed by atoms with van der Waals surface area (Å²) in [6.45, 7) is 6.48. The highest BCUT2D eigenvalue weighted by Crippen LogP contribution is 2.27. The summed E-state index contributed by atoms with van der Waals surface area (Å²) in [5.41, 5.74) is 0.137. The van der Waals surface area contributed by atoms with Crippen molar-refractivity contribution in [3.05, 3.63) is 39.2 Å². The van der Waals surface area contributed by atoms with E-state index in [0.717, 1.165) is 10.6 Å². The molecule has 0 fully saturated rings. The van der Waals surface area contributed by atoms with Crippen LogP contribution in [0.3, 0.4) is 0 Å². The molecule has 0 aliphatic heterocycles. The number of hydrogen-bond donors (Lipinski definition) is 1. The van der Waals surface area contributed by atoms with Gasteiger partial charge < -0.3 is 4.42 Å². The summed E-state index contributed by atoms with van der Waals surface area (Å²) in [5.74, 6) is 0.232. The highest BCUT2D eigenvalue weighted by molar-refractivity contribution is 7.99. The summed E-state index contributed by atoms with van der Waals surface area (Å²) in [4.78, 5) is 26.1. The molecule has 0 spiro atoms. The van der Waals surface area contributed by atoms with E-state index in [-0.39, 0.29) is 5.41 Å². The molecule has 0 saturated heterocycles. The van der Waals surface area contributed by atoms with Crippen LogP contribution in [0.1, 0.15) is 20.8 Å². The molecule has 0 saturated carbocycles. The van der Waals surface area contributed by atoms with Crippen LogP contribution >= 0.6 is 11.8 Å². The summed E-state index contributed by atoms with van der Waals surface area (Å²) < 4.78 is 4.51. The monoisotopic (exact) mass is 265 g/mol. The molecule has 4 nitrogen and oxygen atoms in total. The molecule has 0 aliphatic carbocycles. The Kier molecular flexibility index (Phi) is 3.34. The number of aromatic amines is 1. The maximum absolute atomic E-state index is 11.6. The molecule has 0 atom stereocenters. The number of hydrogen-bond acceptors (Lipinski definition) is 4. The van der Waals surface area contributed by atoms with E-state index in [1.54, 1.807) is 23.9 Å². The molecule has 5 heteroatoms. The van der Waals surface area contributed by atoms with Crippen LogP contribution in [0.15, 0.2) is 37.1 Å². The molecule has 0 bridgehead atoms. The quantitative estimate of drug-likeness (QED) is 0.848. The Hall–Kier alpha value is -1.49. The number of fused-ring (bicyclic) bond motifs is 1. The lowest BCUT2D eigenvalue weighted by Crippen LogP contribution is -2.14. The maximum Gasteiger partial charge on any atom is 0.419 e. The number of rotatable bonds is 2. The Labute approximate surface area is 108 Å². The molecule has 18 heavy (non-hydrogen) atoms. The van der Waals surface area contributed by atoms with Crippen LogP contribution in [0.5, 0.6) is 0 Å². The van der Waals surface area contributed by atoms with Gasteiger partial charge in [-0.3, -0.25) is 4.98 Å². The molecule has 2 rings (SSSR count). The van der Waals surface area contributed by atoms with Gasteiger partial charge in [-0.05, 0) is 23.6 Å². The Bertz CT molecular complexity index is 679. The minimum Gasteiger partial charge on any atom is -0.372 e. The van der Waals surface area contributed by atoms with Crippen molar-refractivity contribution in [2.24, 2.45) is 5.41 Å². The fraction of sp³-hybridized carbons (Fsp3) is 0.385. The normalized spacial score (nSPS) is 11.9. The van der Waals surface area contributed by atoms with Gasteiger partial charge in [0.05, 0.1) is 10.9 Å². The average Bonchev–Trinajstić information content (AvgIpc) is 2.25. The van der Waals surface area contributed by atoms with Crippen LogP contribution in [0.4, 0.5) is 0 Å². The first kappa shape index (κ1) is 13.0. The largest absolute Gasteiger partial charge is 0.419 e. The van der Waals surface area contributed by atoms with Gasteiger partial charge in [-0.25, -0.2) is 9.59 Å². The molecular weight excluding hydrogens is 250 g/mol. The van der Waals surface area contributed by atoms with Gasteiger partial charge in [0.15, 0.2) is 0 Å². The first-order chi connectivity index (χ1) is 8.35. The molecule has 0 aliphatic rings. The Balaban J connectivity index is 2.39. The van der Waals surface area contributed by atoms with E-state index in [2.05, 4.69) is 30.2 Å². The van der Waals surface area contributed by atoms with Gasteiger partial charge in [0.1, 0.15) is 0 Å². The van der Waals surface area contributed by atoms with Crippen LogP contribution in [0, 0.1) is 5.41 Å². The third-order valence-electron chi connectivity index (χ3n) is 2.30. The Morgan fingerprint density at radius 2 is 2.00 bits per heavy atom. The number of thioether (sulfide) groups is 1. The molecule has 2 aromatic rings. The number of benzene rings is 1. The highest BCUT2D eigenvalue weighted by atomic mass is 32.2. The van der Waals surface area contributed by atoms with Crippen molar-refractivity contribution in [3.63, 3.8) is 0 Å². The van der Waals surface area contributed by atoms with Gasteiger partial charge in [-0.2, -0.15) is 0 Å². The van der Waals surface area contributed by atoms with Crippen molar-refractivity contribution < 1.29 is 4.42 Å². The lowest BCUT2D eigenvalue weighted by molar-refractivity contribution is 0.460. The molecule has 0 radical (unpaired) electrons. The molecule has 0 amide bonds. The minimum atomic E-state index is -0.720. The first-order valence-electron chi connectivity index (χ1n) is 5.65. The summed E-state index contributed by atoms with van der Waals surface area (Å²) in [7, 11) is 0. The summed E-state index contributed by atoms with van der Waals surface area (Å²) >= 11 is 1.68. The van der Waals surface area contributed by atoms with Crippen LogP contribution in [-0.4, -0.2) is 10.7 Å². The van der Waals surface area contributed by atoms with Crippen LogP contribution in [0.2, 0.25) is 0 Å². The molecule has 1 N–H and O–H groups in total. The minimum absolute atomic E-state index is 0.218. The number of nitrogens with one attached hydrogen (secondary N) is 1. The zero-order valence-electron chi connectivity index (χ0n) is 10.6. The van der Waals surface area contributed by atoms with E-state index in [0.29, 0.717) is 10.9 Å². The first-order valence-corrected chi connectivity index (χ1v) is 6.64. The second-order valence-electron chi connectivity index (χ2n) is 5.36. The molecular formula is C13H15NO3S. The standard InChI is InChI=1S/C13H15NO3S/c1-13(2,3)7-18-8-4-5-10-9(6-8)11(15)17-12(16)14-10/h4-6H,7H2,1-3H3,(H,14,16). The number of aromatic nitrogens is 1. The predicted octanol–water partition coefficient (Wildman–Crippen LogP) is 2.62. The van der Waals surface area contributed by atoms with E-state index in [4.69, 9.17) is 0 Å². The molecule has 96 valence electrons. The van der Waals surface area contributed by atoms with Gasteiger partial charge in [0, 0.05) is 10.6 Å². The van der Waals surface area contributed by atoms with Gasteiger partial charge >= 0.3 is 11.4 Å². The van der Waals surface area contributed by atoms with Crippen LogP contribution in [-0.2, 0) is 0 Å². The third kappa shape index (κ3) is 3.04. The second-order valence-corrected chi connectivity index (χ2v) is 6.41. The van der Waals surface area contributed by atoms with Crippen molar-refractivity contribution in [1.82, 2.24) is 4.98 Å². The lowest BCUT2D eigenvalue weighted by atomic mass is 10.0. The maximum atomic E-state index is 11.6. The van der Waals surface area contributed by atoms with Gasteiger partial charge in [0.25, 0.3) is 0 Å². The Morgan fingerprint density at radius 3 is 2.67 bits per heavy atom. The van der Waals surface area contributed by atoms with Crippen LogP contribution < -0.4 is 11.4 Å². The summed E-state index contributed by atoms with van der Waals surface area (Å²) in [6, 6.07) is 5.39. The SMILES string of the molecule is CC(C)(C)CSc1ccc2[nH]c(=O)oc(=O)c2c1. The van der Waals surface area contributed by atoms with Crippen LogP contribution in [0.25, 0.3) is 10.9 Å². The fourth-order valence-electron chi connectivity index (χ4n) is 1.47. The van der Waals surface area contributed by atoms with E-state index in [1.165, 1.54) is 0 Å². The highest BCUT2D eigenvalue weighted by Gasteiger charge is 2.11. The molecule has 1 aromatic heterocycles. The molecule has 0 unspecified atom stereocenters. The van der Waals surface area contributed by atoms with Gasteiger partial charge in [-0.1, -0.05) is 20.8 Å². The summed E-state index contributed by atoms with van der Waals surface area (Å²) in [5, 5.41) is 0.411. The van der Waals surface area contributed by atoms with Crippen molar-refractivity contribution in [1.29, 1.82) is 0 Å². The second kappa shape index (κ2) is 4.65. The van der Waals surface area contributed by atoms with Crippen molar-refractivity contribution >= 4 is 22.7 Å². The van der Waals surface area contributed by atoms with Crippen molar-refractivity contribution in [2.45, 2.75) is 25.7 Å². The van der Waals surface area contributed by atoms with E-state index in [1.807, 2.05) is 6.07 Å². The smallest absolute Gasteiger partial charge is 0.372 e. The zero-order valence-corrected chi connectivity index (χ0v) is 11.4. The summed E-state index contributed by atoms with van der Waals surface area (Å²) in [6.07, 6.45) is 0. The fourth-order valence-corrected chi connectivity index (χ4v) is 2.43. The van der Waals surface area contributed by atoms with Crippen molar-refractivity contribution in [2.75, 3.05) is 5.75 Å². The number of H-pyrrole nitrogens is 1.